The van der Waals surface area contributed by atoms with E-state index in [0.29, 0.717) is 12.0 Å². The second kappa shape index (κ2) is 6.61. The van der Waals surface area contributed by atoms with Gasteiger partial charge in [-0.25, -0.2) is 0 Å². The van der Waals surface area contributed by atoms with Crippen molar-refractivity contribution in [1.82, 2.24) is 4.90 Å². The average molecular weight is 276 g/mol. The van der Waals surface area contributed by atoms with E-state index >= 15 is 0 Å². The van der Waals surface area contributed by atoms with Crippen LogP contribution in [0.1, 0.15) is 71.1 Å². The Morgan fingerprint density at radius 3 is 2.25 bits per heavy atom. The molecular weight excluding hydrogens is 248 g/mol. The Hall–Kier alpha value is -1.04. The summed E-state index contributed by atoms with van der Waals surface area (Å²) in [5.41, 5.74) is -0.734. The number of rotatable bonds is 2. The third-order valence-electron chi connectivity index (χ3n) is 5.46. The summed E-state index contributed by atoms with van der Waals surface area (Å²) >= 11 is 0. The number of nitrogens with zero attached hydrogens (tertiary/aromatic N) is 2. The van der Waals surface area contributed by atoms with E-state index in [1.54, 1.807) is 0 Å². The first-order valence-corrected chi connectivity index (χ1v) is 8.29. The lowest BCUT2D eigenvalue weighted by Crippen LogP contribution is -2.49. The molecule has 2 fully saturated rings. The molecule has 0 N–H and O–H groups in total. The van der Waals surface area contributed by atoms with Crippen LogP contribution in [-0.2, 0) is 4.79 Å². The van der Waals surface area contributed by atoms with Crippen molar-refractivity contribution in [2.24, 2.45) is 11.3 Å². The monoisotopic (exact) mass is 276 g/mol. The predicted octanol–water partition coefficient (Wildman–Crippen LogP) is 3.89. The lowest BCUT2D eigenvalue weighted by molar-refractivity contribution is -0.142. The van der Waals surface area contributed by atoms with Gasteiger partial charge in [-0.3, -0.25) is 4.79 Å². The Morgan fingerprint density at radius 2 is 1.70 bits per heavy atom. The summed E-state index contributed by atoms with van der Waals surface area (Å²) in [4.78, 5) is 14.9. The topological polar surface area (TPSA) is 44.1 Å². The van der Waals surface area contributed by atoms with Crippen molar-refractivity contribution < 1.29 is 4.79 Å². The van der Waals surface area contributed by atoms with E-state index in [-0.39, 0.29) is 5.91 Å². The van der Waals surface area contributed by atoms with E-state index in [9.17, 15) is 10.1 Å². The highest BCUT2D eigenvalue weighted by Crippen LogP contribution is 2.38. The van der Waals surface area contributed by atoms with Gasteiger partial charge in [0.15, 0.2) is 0 Å². The largest absolute Gasteiger partial charge is 0.341 e. The molecule has 0 spiro atoms. The van der Waals surface area contributed by atoms with Crippen molar-refractivity contribution in [3.05, 3.63) is 0 Å². The number of carbonyl (C=O) groups is 1. The van der Waals surface area contributed by atoms with Crippen LogP contribution in [0.25, 0.3) is 0 Å². The van der Waals surface area contributed by atoms with E-state index in [4.69, 9.17) is 0 Å². The molecule has 0 aromatic heterocycles. The maximum atomic E-state index is 13.0. The van der Waals surface area contributed by atoms with Gasteiger partial charge in [0.2, 0.25) is 5.91 Å². The fourth-order valence-electron chi connectivity index (χ4n) is 4.07. The molecule has 2 atom stereocenters. The van der Waals surface area contributed by atoms with Gasteiger partial charge >= 0.3 is 0 Å². The second-order valence-electron chi connectivity index (χ2n) is 6.85. The molecule has 2 rings (SSSR count). The second-order valence-corrected chi connectivity index (χ2v) is 6.85. The van der Waals surface area contributed by atoms with Gasteiger partial charge in [-0.2, -0.15) is 5.26 Å². The summed E-state index contributed by atoms with van der Waals surface area (Å²) in [6.45, 7) is 2.25. The minimum Gasteiger partial charge on any atom is -0.341 e. The first kappa shape index (κ1) is 15.4. The van der Waals surface area contributed by atoms with Crippen LogP contribution < -0.4 is 0 Å². The van der Waals surface area contributed by atoms with Gasteiger partial charge in [-0.15, -0.1) is 0 Å². The Bertz CT molecular complexity index is 377. The summed E-state index contributed by atoms with van der Waals surface area (Å²) in [5.74, 6) is 0.667. The summed E-state index contributed by atoms with van der Waals surface area (Å²) in [7, 11) is 1.93. The molecule has 2 aliphatic rings. The minimum absolute atomic E-state index is 0.0978. The van der Waals surface area contributed by atoms with Gasteiger partial charge in [-0.1, -0.05) is 45.4 Å². The predicted molar refractivity (Wildman–Crippen MR) is 79.9 cm³/mol. The van der Waals surface area contributed by atoms with Gasteiger partial charge < -0.3 is 4.90 Å². The molecule has 0 aromatic rings. The highest BCUT2D eigenvalue weighted by Gasteiger charge is 2.43. The van der Waals surface area contributed by atoms with Crippen LogP contribution in [0.2, 0.25) is 0 Å². The first-order valence-electron chi connectivity index (χ1n) is 8.29. The van der Waals surface area contributed by atoms with Crippen molar-refractivity contribution in [3.8, 4) is 6.07 Å². The van der Waals surface area contributed by atoms with E-state index in [1.165, 1.54) is 32.1 Å². The summed E-state index contributed by atoms with van der Waals surface area (Å²) in [6, 6.07) is 2.74. The van der Waals surface area contributed by atoms with Crippen molar-refractivity contribution in [2.75, 3.05) is 7.05 Å². The molecule has 20 heavy (non-hydrogen) atoms. The van der Waals surface area contributed by atoms with Crippen molar-refractivity contribution in [2.45, 2.75) is 77.2 Å². The number of carbonyl (C=O) groups excluding carboxylic acids is 1. The van der Waals surface area contributed by atoms with E-state index in [2.05, 4.69) is 13.0 Å². The molecule has 0 bridgehead atoms. The van der Waals surface area contributed by atoms with Crippen molar-refractivity contribution in [1.29, 1.82) is 5.26 Å². The van der Waals surface area contributed by atoms with Crippen LogP contribution in [0, 0.1) is 22.7 Å². The summed E-state index contributed by atoms with van der Waals surface area (Å²) in [6.07, 6.45) is 10.7. The van der Waals surface area contributed by atoms with Crippen LogP contribution in [0.15, 0.2) is 0 Å². The SMILES string of the molecule is CC1CCCCC1N(C)C(=O)C1(C#N)CCCCCC1. The number of hydrogen-bond donors (Lipinski definition) is 0. The molecule has 0 aromatic carbocycles. The minimum atomic E-state index is -0.734. The highest BCUT2D eigenvalue weighted by molar-refractivity contribution is 5.85. The quantitative estimate of drug-likeness (QED) is 0.718. The van der Waals surface area contributed by atoms with Gasteiger partial charge in [0.05, 0.1) is 6.07 Å². The van der Waals surface area contributed by atoms with Crippen LogP contribution in [0.5, 0.6) is 0 Å². The third kappa shape index (κ3) is 3.00. The molecule has 0 saturated heterocycles. The fraction of sp³-hybridized carbons (Fsp3) is 0.882. The lowest BCUT2D eigenvalue weighted by Gasteiger charge is -2.39. The number of hydrogen-bond acceptors (Lipinski definition) is 2. The summed E-state index contributed by atoms with van der Waals surface area (Å²) in [5, 5.41) is 9.65. The number of amides is 1. The maximum absolute atomic E-state index is 13.0. The molecule has 2 unspecified atom stereocenters. The molecule has 0 heterocycles. The Balaban J connectivity index is 2.12. The van der Waals surface area contributed by atoms with Gasteiger partial charge in [-0.05, 0) is 31.6 Å². The van der Waals surface area contributed by atoms with Gasteiger partial charge in [0.1, 0.15) is 5.41 Å². The molecule has 1 amide bonds. The van der Waals surface area contributed by atoms with Crippen molar-refractivity contribution >= 4 is 5.91 Å². The normalized spacial score (nSPS) is 30.1. The van der Waals surface area contributed by atoms with Crippen LogP contribution in [0.4, 0.5) is 0 Å². The standard InChI is InChI=1S/C17H28N2O/c1-14-9-5-6-10-15(14)19(2)16(20)17(13-18)11-7-3-4-8-12-17/h14-15H,3-12H2,1-2H3. The van der Waals surface area contributed by atoms with Crippen molar-refractivity contribution in [3.63, 3.8) is 0 Å². The van der Waals surface area contributed by atoms with Gasteiger partial charge in [0, 0.05) is 13.1 Å². The van der Waals surface area contributed by atoms with Crippen LogP contribution in [-0.4, -0.2) is 23.9 Å². The lowest BCUT2D eigenvalue weighted by atomic mass is 9.78. The maximum Gasteiger partial charge on any atom is 0.243 e. The Kier molecular flexibility index (Phi) is 5.07. The smallest absolute Gasteiger partial charge is 0.243 e. The van der Waals surface area contributed by atoms with E-state index in [1.807, 2.05) is 11.9 Å². The zero-order valence-corrected chi connectivity index (χ0v) is 13.0. The molecule has 112 valence electrons. The zero-order chi connectivity index (χ0) is 14.6. The third-order valence-corrected chi connectivity index (χ3v) is 5.46. The molecule has 2 saturated carbocycles. The van der Waals surface area contributed by atoms with Crippen LogP contribution >= 0.6 is 0 Å². The Morgan fingerprint density at radius 1 is 1.10 bits per heavy atom. The molecule has 0 aliphatic heterocycles. The number of nitriles is 1. The Labute approximate surface area is 123 Å². The molecule has 0 radical (unpaired) electrons. The molecular formula is C17H28N2O. The molecule has 3 heteroatoms. The van der Waals surface area contributed by atoms with Gasteiger partial charge in [0.25, 0.3) is 0 Å². The van der Waals surface area contributed by atoms with E-state index in [0.717, 1.165) is 32.1 Å². The van der Waals surface area contributed by atoms with Crippen LogP contribution in [0.3, 0.4) is 0 Å². The highest BCUT2D eigenvalue weighted by atomic mass is 16.2. The first-order chi connectivity index (χ1) is 9.60. The fourth-order valence-corrected chi connectivity index (χ4v) is 4.07. The molecule has 3 nitrogen and oxygen atoms in total. The van der Waals surface area contributed by atoms with E-state index < -0.39 is 5.41 Å². The zero-order valence-electron chi connectivity index (χ0n) is 13.0. The average Bonchev–Trinajstić information content (AvgIpc) is 2.72. The summed E-state index contributed by atoms with van der Waals surface area (Å²) < 4.78 is 0. The molecule has 2 aliphatic carbocycles.